The zero-order chi connectivity index (χ0) is 17.7. The summed E-state index contributed by atoms with van der Waals surface area (Å²) in [6, 6.07) is 5.87. The first-order valence-corrected chi connectivity index (χ1v) is 8.71. The number of aryl methyl sites for hydroxylation is 1. The van der Waals surface area contributed by atoms with Crippen LogP contribution in [0.1, 0.15) is 19.4 Å². The number of pyridine rings is 1. The van der Waals surface area contributed by atoms with Crippen molar-refractivity contribution < 1.29 is 4.74 Å². The van der Waals surface area contributed by atoms with Crippen LogP contribution in [-0.4, -0.2) is 30.8 Å². The second-order valence-electron chi connectivity index (χ2n) is 6.67. The van der Waals surface area contributed by atoms with E-state index in [1.54, 1.807) is 10.6 Å². The molecule has 1 N–H and O–H groups in total. The molecule has 25 heavy (non-hydrogen) atoms. The fourth-order valence-electron chi connectivity index (χ4n) is 4.01. The molecule has 3 heterocycles. The molecule has 1 aromatic carbocycles. The first-order chi connectivity index (χ1) is 12.1. The normalized spacial score (nSPS) is 18.8. The van der Waals surface area contributed by atoms with Crippen molar-refractivity contribution in [3.63, 3.8) is 0 Å². The van der Waals surface area contributed by atoms with Crippen LogP contribution in [-0.2, 0) is 6.54 Å². The van der Waals surface area contributed by atoms with Crippen LogP contribution in [0, 0.1) is 0 Å². The number of fused-ring (bicyclic) bond motifs is 2. The highest BCUT2D eigenvalue weighted by molar-refractivity contribution is 6.00. The fourth-order valence-corrected chi connectivity index (χ4v) is 4.01. The number of anilines is 1. The van der Waals surface area contributed by atoms with Crippen molar-refractivity contribution in [3.05, 3.63) is 52.5 Å². The van der Waals surface area contributed by atoms with Crippen molar-refractivity contribution in [2.75, 3.05) is 25.1 Å². The van der Waals surface area contributed by atoms with Gasteiger partial charge in [0.15, 0.2) is 5.75 Å². The summed E-state index contributed by atoms with van der Waals surface area (Å²) in [5.41, 5.74) is 5.20. The first-order valence-electron chi connectivity index (χ1n) is 8.71. The van der Waals surface area contributed by atoms with Crippen molar-refractivity contribution in [2.45, 2.75) is 26.4 Å². The number of rotatable bonds is 3. The predicted molar refractivity (Wildman–Crippen MR) is 102 cm³/mol. The van der Waals surface area contributed by atoms with E-state index < -0.39 is 0 Å². The van der Waals surface area contributed by atoms with Gasteiger partial charge in [-0.15, -0.1) is 0 Å². The highest BCUT2D eigenvalue weighted by Crippen LogP contribution is 2.48. The standard InChI is InChI=1S/C20H23N3O2/c1-5-22-17(24)7-6-14-9-16-12(2)8-13(3)23-15(10-21-4)11-25-20(18(14)22)19(16)23/h6-9,15,21H,3,5,10-11H2,1-2,4H3/t15-/m0/s1. The molecule has 0 saturated heterocycles. The molecule has 0 aliphatic carbocycles. The fraction of sp³-hybridized carbons (Fsp3) is 0.350. The number of allylic oxidation sites excluding steroid dienone is 2. The summed E-state index contributed by atoms with van der Waals surface area (Å²) in [6.45, 7) is 10.3. The van der Waals surface area contributed by atoms with Gasteiger partial charge in [0.25, 0.3) is 5.56 Å². The SMILES string of the molecule is C=C1C=C(C)c2cc3ccc(=O)n(CC)c3c3c2N1[C@@H](CNC)CO3. The first kappa shape index (κ1) is 16.0. The quantitative estimate of drug-likeness (QED) is 0.935. The third-order valence-corrected chi connectivity index (χ3v) is 5.10. The Hall–Kier alpha value is -2.53. The molecule has 4 rings (SSSR count). The maximum Gasteiger partial charge on any atom is 0.251 e. The van der Waals surface area contributed by atoms with E-state index in [2.05, 4.69) is 35.9 Å². The summed E-state index contributed by atoms with van der Waals surface area (Å²) in [4.78, 5) is 14.6. The van der Waals surface area contributed by atoms with E-state index >= 15 is 0 Å². The summed E-state index contributed by atoms with van der Waals surface area (Å²) >= 11 is 0. The molecule has 130 valence electrons. The minimum absolute atomic E-state index is 0.000554. The Labute approximate surface area is 147 Å². The lowest BCUT2D eigenvalue weighted by atomic mass is 9.93. The number of nitrogens with zero attached hydrogens (tertiary/aromatic N) is 2. The van der Waals surface area contributed by atoms with Gasteiger partial charge >= 0.3 is 0 Å². The van der Waals surface area contributed by atoms with Gasteiger partial charge in [-0.2, -0.15) is 0 Å². The van der Waals surface area contributed by atoms with Crippen LogP contribution in [0.15, 0.2) is 41.3 Å². The molecule has 2 aromatic rings. The Morgan fingerprint density at radius 3 is 2.92 bits per heavy atom. The van der Waals surface area contributed by atoms with Crippen molar-refractivity contribution >= 4 is 22.2 Å². The molecule has 0 radical (unpaired) electrons. The van der Waals surface area contributed by atoms with Gasteiger partial charge < -0.3 is 19.5 Å². The molecule has 0 bridgehead atoms. The van der Waals surface area contributed by atoms with E-state index in [1.165, 1.54) is 5.57 Å². The predicted octanol–water partition coefficient (Wildman–Crippen LogP) is 2.74. The second-order valence-corrected chi connectivity index (χ2v) is 6.67. The molecule has 5 nitrogen and oxygen atoms in total. The average molecular weight is 337 g/mol. The molecular weight excluding hydrogens is 314 g/mol. The molecule has 5 heteroatoms. The maximum absolute atomic E-state index is 12.4. The van der Waals surface area contributed by atoms with Crippen LogP contribution in [0.2, 0.25) is 0 Å². The van der Waals surface area contributed by atoms with Crippen LogP contribution in [0.25, 0.3) is 16.5 Å². The van der Waals surface area contributed by atoms with Crippen LogP contribution >= 0.6 is 0 Å². The Bertz CT molecular complexity index is 971. The molecule has 0 saturated carbocycles. The van der Waals surface area contributed by atoms with Gasteiger partial charge in [0.1, 0.15) is 6.61 Å². The number of likely N-dealkylation sites (N-methyl/N-ethyl adjacent to an activating group) is 1. The highest BCUT2D eigenvalue weighted by Gasteiger charge is 2.35. The maximum atomic E-state index is 12.4. The lowest BCUT2D eigenvalue weighted by Crippen LogP contribution is -2.48. The molecule has 2 aliphatic heterocycles. The number of hydrogen-bond donors (Lipinski definition) is 1. The number of ether oxygens (including phenoxy) is 1. The van der Waals surface area contributed by atoms with E-state index in [4.69, 9.17) is 4.74 Å². The largest absolute Gasteiger partial charge is 0.487 e. The third-order valence-electron chi connectivity index (χ3n) is 5.10. The molecule has 0 amide bonds. The lowest BCUT2D eigenvalue weighted by Gasteiger charge is -2.43. The summed E-state index contributed by atoms with van der Waals surface area (Å²) in [5, 5.41) is 4.27. The van der Waals surface area contributed by atoms with Crippen molar-refractivity contribution in [1.29, 1.82) is 0 Å². The van der Waals surface area contributed by atoms with Crippen molar-refractivity contribution in [2.24, 2.45) is 0 Å². The van der Waals surface area contributed by atoms with Gasteiger partial charge in [-0.3, -0.25) is 4.79 Å². The van der Waals surface area contributed by atoms with Crippen LogP contribution < -0.4 is 20.5 Å². The second kappa shape index (κ2) is 5.77. The minimum atomic E-state index is 0.000554. The van der Waals surface area contributed by atoms with Gasteiger partial charge in [-0.25, -0.2) is 0 Å². The van der Waals surface area contributed by atoms with Gasteiger partial charge in [0.2, 0.25) is 0 Å². The summed E-state index contributed by atoms with van der Waals surface area (Å²) in [6.07, 6.45) is 2.13. The smallest absolute Gasteiger partial charge is 0.251 e. The molecule has 1 aromatic heterocycles. The van der Waals surface area contributed by atoms with Gasteiger partial charge in [-0.05, 0) is 44.7 Å². The molecule has 0 unspecified atom stereocenters. The molecular formula is C20H23N3O2. The van der Waals surface area contributed by atoms with E-state index in [9.17, 15) is 4.79 Å². The van der Waals surface area contributed by atoms with Crippen LogP contribution in [0.4, 0.5) is 5.69 Å². The number of hydrogen-bond acceptors (Lipinski definition) is 4. The van der Waals surface area contributed by atoms with E-state index in [-0.39, 0.29) is 11.6 Å². The zero-order valence-corrected chi connectivity index (χ0v) is 14.9. The molecule has 0 fully saturated rings. The zero-order valence-electron chi connectivity index (χ0n) is 14.9. The summed E-state index contributed by atoms with van der Waals surface area (Å²) < 4.78 is 8.02. The molecule has 2 aliphatic rings. The Kier molecular flexibility index (Phi) is 3.69. The number of nitrogens with one attached hydrogen (secondary N) is 1. The Morgan fingerprint density at radius 2 is 2.20 bits per heavy atom. The van der Waals surface area contributed by atoms with Crippen molar-refractivity contribution in [1.82, 2.24) is 9.88 Å². The van der Waals surface area contributed by atoms with E-state index in [0.717, 1.165) is 40.1 Å². The van der Waals surface area contributed by atoms with E-state index in [0.29, 0.717) is 13.2 Å². The van der Waals surface area contributed by atoms with Gasteiger partial charge in [0, 0.05) is 35.8 Å². The Morgan fingerprint density at radius 1 is 1.40 bits per heavy atom. The highest BCUT2D eigenvalue weighted by atomic mass is 16.5. The van der Waals surface area contributed by atoms with Crippen molar-refractivity contribution in [3.8, 4) is 5.75 Å². The van der Waals surface area contributed by atoms with E-state index in [1.807, 2.05) is 20.0 Å². The lowest BCUT2D eigenvalue weighted by molar-refractivity contribution is 0.267. The summed E-state index contributed by atoms with van der Waals surface area (Å²) in [7, 11) is 1.94. The van der Waals surface area contributed by atoms with Gasteiger partial charge in [-0.1, -0.05) is 6.58 Å². The summed E-state index contributed by atoms with van der Waals surface area (Å²) in [5.74, 6) is 0.799. The third kappa shape index (κ3) is 2.23. The molecule has 1 atom stereocenters. The number of aromatic nitrogens is 1. The van der Waals surface area contributed by atoms with Crippen LogP contribution in [0.3, 0.4) is 0 Å². The Balaban J connectivity index is 2.10. The van der Waals surface area contributed by atoms with Gasteiger partial charge in [0.05, 0.1) is 17.2 Å². The molecule has 0 spiro atoms. The van der Waals surface area contributed by atoms with Crippen LogP contribution in [0.5, 0.6) is 5.75 Å². The topological polar surface area (TPSA) is 46.5 Å². The monoisotopic (exact) mass is 337 g/mol. The average Bonchev–Trinajstić information content (AvgIpc) is 2.60. The number of benzene rings is 1. The minimum Gasteiger partial charge on any atom is -0.487 e.